The van der Waals surface area contributed by atoms with E-state index in [9.17, 15) is 14.7 Å². The molecule has 0 amide bonds. The average molecular weight is 190 g/mol. The molecule has 0 saturated carbocycles. The summed E-state index contributed by atoms with van der Waals surface area (Å²) in [6.45, 7) is 2.92. The van der Waals surface area contributed by atoms with Crippen LogP contribution in [0.5, 0.6) is 0 Å². The Labute approximate surface area is 94.8 Å². The van der Waals surface area contributed by atoms with E-state index in [1.165, 1.54) is 33.1 Å². The van der Waals surface area contributed by atoms with Crippen LogP contribution in [0.1, 0.15) is 13.8 Å². The van der Waals surface area contributed by atoms with E-state index in [2.05, 4.69) is 4.74 Å². The molecular weight excluding hydrogens is 179 g/mol. The summed E-state index contributed by atoms with van der Waals surface area (Å²) >= 11 is 0. The van der Waals surface area contributed by atoms with Crippen LogP contribution >= 0.6 is 0 Å². The minimum absolute atomic E-state index is 0. The summed E-state index contributed by atoms with van der Waals surface area (Å²) in [6, 6.07) is 0. The summed E-state index contributed by atoms with van der Waals surface area (Å²) in [5.41, 5.74) is 0.395. The minimum atomic E-state index is -1.26. The maximum Gasteiger partial charge on any atom is 1.00 e. The molecule has 4 nitrogen and oxygen atoms in total. The van der Waals surface area contributed by atoms with Crippen LogP contribution in [0.25, 0.3) is 0 Å². The first kappa shape index (κ1) is 15.5. The molecule has 0 bridgehead atoms. The first-order valence-electron chi connectivity index (χ1n) is 3.64. The van der Waals surface area contributed by atoms with E-state index in [-0.39, 0.29) is 24.4 Å². The molecule has 0 radical (unpaired) electrons. The average Bonchev–Trinajstić information content (AvgIpc) is 2.11. The van der Waals surface area contributed by atoms with Crippen molar-refractivity contribution in [2.24, 2.45) is 0 Å². The second-order valence-electron chi connectivity index (χ2n) is 2.48. The fourth-order valence-electron chi connectivity index (χ4n) is 0.547. The zero-order valence-electron chi connectivity index (χ0n) is 8.79. The smallest absolute Gasteiger partial charge is 0.545 e. The Balaban J connectivity index is 0. The van der Waals surface area contributed by atoms with Gasteiger partial charge in [0.05, 0.1) is 13.1 Å². The van der Waals surface area contributed by atoms with Crippen molar-refractivity contribution in [2.75, 3.05) is 7.11 Å². The maximum atomic E-state index is 10.8. The summed E-state index contributed by atoms with van der Waals surface area (Å²) in [6.07, 6.45) is 2.67. The van der Waals surface area contributed by atoms with E-state index in [0.29, 0.717) is 5.57 Å². The van der Waals surface area contributed by atoms with Gasteiger partial charge < -0.3 is 14.6 Å². The van der Waals surface area contributed by atoms with Gasteiger partial charge in [-0.15, -0.1) is 0 Å². The van der Waals surface area contributed by atoms with Crippen molar-refractivity contribution in [1.29, 1.82) is 0 Å². The van der Waals surface area contributed by atoms with E-state index in [4.69, 9.17) is 0 Å². The molecular formula is C9H11LiO4. The quantitative estimate of drug-likeness (QED) is 0.203. The molecule has 14 heavy (non-hydrogen) atoms. The van der Waals surface area contributed by atoms with Crippen LogP contribution in [0.15, 0.2) is 23.3 Å². The molecule has 0 fully saturated rings. The van der Waals surface area contributed by atoms with Gasteiger partial charge in [-0.3, -0.25) is 0 Å². The van der Waals surface area contributed by atoms with Gasteiger partial charge in [0, 0.05) is 5.57 Å². The number of rotatable bonds is 3. The van der Waals surface area contributed by atoms with Crippen LogP contribution in [0.4, 0.5) is 0 Å². The van der Waals surface area contributed by atoms with Crippen LogP contribution in [0.2, 0.25) is 0 Å². The molecule has 0 spiro atoms. The van der Waals surface area contributed by atoms with Gasteiger partial charge in [0.25, 0.3) is 0 Å². The van der Waals surface area contributed by atoms with Crippen molar-refractivity contribution in [3.8, 4) is 0 Å². The topological polar surface area (TPSA) is 66.4 Å². The van der Waals surface area contributed by atoms with Gasteiger partial charge in [-0.05, 0) is 19.4 Å². The Hall–Kier alpha value is -0.983. The molecule has 0 unspecified atom stereocenters. The van der Waals surface area contributed by atoms with Crippen molar-refractivity contribution in [2.45, 2.75) is 13.8 Å². The largest absolute Gasteiger partial charge is 1.00 e. The Morgan fingerprint density at radius 1 is 1.14 bits per heavy atom. The van der Waals surface area contributed by atoms with Gasteiger partial charge in [0.1, 0.15) is 0 Å². The Morgan fingerprint density at radius 2 is 1.57 bits per heavy atom. The van der Waals surface area contributed by atoms with Gasteiger partial charge in [0.15, 0.2) is 0 Å². The molecule has 0 saturated heterocycles. The number of carbonyl (C=O) groups is 2. The SMILES string of the molecule is COC(=O)C(C)=CC=C(C)C(=O)[O-].[Li+]. The third-order valence-corrected chi connectivity index (χ3v) is 1.41. The summed E-state index contributed by atoms with van der Waals surface area (Å²) in [4.78, 5) is 21.0. The van der Waals surface area contributed by atoms with E-state index in [1.54, 1.807) is 0 Å². The molecule has 0 atom stereocenters. The number of hydrogen-bond acceptors (Lipinski definition) is 4. The Morgan fingerprint density at radius 3 is 1.93 bits per heavy atom. The molecule has 0 aromatic heterocycles. The first-order valence-corrected chi connectivity index (χ1v) is 3.64. The predicted octanol–water partition coefficient (Wildman–Crippen LogP) is -3.19. The second kappa shape index (κ2) is 7.42. The number of allylic oxidation sites excluding steroid dienone is 2. The monoisotopic (exact) mass is 190 g/mol. The minimum Gasteiger partial charge on any atom is -0.545 e. The molecule has 0 N–H and O–H groups in total. The summed E-state index contributed by atoms with van der Waals surface area (Å²) in [5.74, 6) is -1.74. The predicted molar refractivity (Wildman–Crippen MR) is 44.5 cm³/mol. The number of methoxy groups -OCH3 is 1. The third-order valence-electron chi connectivity index (χ3n) is 1.41. The molecule has 0 aliphatic heterocycles. The van der Waals surface area contributed by atoms with Crippen molar-refractivity contribution >= 4 is 11.9 Å². The van der Waals surface area contributed by atoms with Gasteiger partial charge in [-0.25, -0.2) is 4.79 Å². The molecule has 0 rings (SSSR count). The van der Waals surface area contributed by atoms with E-state index < -0.39 is 11.9 Å². The fraction of sp³-hybridized carbons (Fsp3) is 0.333. The Bertz CT molecular complexity index is 279. The number of esters is 1. The van der Waals surface area contributed by atoms with E-state index in [1.807, 2.05) is 0 Å². The molecule has 0 aliphatic rings. The van der Waals surface area contributed by atoms with Crippen LogP contribution in [0.3, 0.4) is 0 Å². The molecule has 0 aromatic carbocycles. The zero-order chi connectivity index (χ0) is 10.4. The molecule has 0 aliphatic carbocycles. The van der Waals surface area contributed by atoms with Crippen molar-refractivity contribution in [3.05, 3.63) is 23.3 Å². The first-order chi connectivity index (χ1) is 5.99. The molecule has 0 heterocycles. The van der Waals surface area contributed by atoms with Crippen LogP contribution in [0, 0.1) is 0 Å². The third kappa shape index (κ3) is 5.63. The Kier molecular flexibility index (Phi) is 8.21. The van der Waals surface area contributed by atoms with Crippen molar-refractivity contribution in [3.63, 3.8) is 0 Å². The number of carboxylic acid groups (broad SMARTS) is 1. The van der Waals surface area contributed by atoms with Crippen molar-refractivity contribution < 1.29 is 38.3 Å². The summed E-state index contributed by atoms with van der Waals surface area (Å²) in [7, 11) is 1.26. The number of hydrogen-bond donors (Lipinski definition) is 0. The van der Waals surface area contributed by atoms with Gasteiger partial charge >= 0.3 is 24.8 Å². The van der Waals surface area contributed by atoms with E-state index >= 15 is 0 Å². The molecule has 5 heteroatoms. The second-order valence-corrected chi connectivity index (χ2v) is 2.48. The number of carboxylic acids is 1. The van der Waals surface area contributed by atoms with E-state index in [0.717, 1.165) is 0 Å². The number of carbonyl (C=O) groups excluding carboxylic acids is 2. The van der Waals surface area contributed by atoms with Crippen molar-refractivity contribution in [1.82, 2.24) is 0 Å². The molecule has 72 valence electrons. The summed E-state index contributed by atoms with van der Waals surface area (Å²) in [5, 5.41) is 10.2. The number of aliphatic carboxylic acids is 1. The van der Waals surface area contributed by atoms with Crippen LogP contribution < -0.4 is 24.0 Å². The number of ether oxygens (including phenoxy) is 1. The van der Waals surface area contributed by atoms with Gasteiger partial charge in [-0.2, -0.15) is 0 Å². The van der Waals surface area contributed by atoms with Crippen LogP contribution in [-0.2, 0) is 14.3 Å². The normalized spacial score (nSPS) is 11.6. The van der Waals surface area contributed by atoms with Gasteiger partial charge in [-0.1, -0.05) is 12.2 Å². The summed E-state index contributed by atoms with van der Waals surface area (Å²) < 4.78 is 4.41. The van der Waals surface area contributed by atoms with Gasteiger partial charge in [0.2, 0.25) is 0 Å². The molecule has 0 aromatic rings. The zero-order valence-corrected chi connectivity index (χ0v) is 8.79. The standard InChI is InChI=1S/C9H12O4.Li/c1-6(8(10)11)4-5-7(2)9(12)13-3;/h4-5H,1-3H3,(H,10,11);/q;+1/p-1. The van der Waals surface area contributed by atoms with Crippen LogP contribution in [-0.4, -0.2) is 19.0 Å². The maximum absolute atomic E-state index is 10.8. The fourth-order valence-corrected chi connectivity index (χ4v) is 0.547.